The van der Waals surface area contributed by atoms with Crippen molar-refractivity contribution >= 4 is 46.4 Å². The molecule has 0 fully saturated rings. The standard InChI is InChI=1S/C23H19N7O4S/c1-29-14-24-28-23(29)35-20-11-10-15(12-19(20)30(33)34)21(31)25-17-8-5-9-18(13-17)27-22(32)26-16-6-3-2-4-7-16/h2-14H,1H3,(H,25,31)(H2,26,27,32). The number of hydrogen-bond donors (Lipinski definition) is 3. The number of nitro benzene ring substituents is 1. The summed E-state index contributed by atoms with van der Waals surface area (Å²) in [6.45, 7) is 0. The van der Waals surface area contributed by atoms with E-state index in [1.54, 1.807) is 60.1 Å². The van der Waals surface area contributed by atoms with E-state index in [0.717, 1.165) is 11.8 Å². The monoisotopic (exact) mass is 489 g/mol. The molecule has 3 N–H and O–H groups in total. The number of urea groups is 1. The molecule has 0 aliphatic carbocycles. The van der Waals surface area contributed by atoms with E-state index in [1.807, 2.05) is 6.07 Å². The van der Waals surface area contributed by atoms with Gasteiger partial charge in [-0.2, -0.15) is 0 Å². The number of anilines is 3. The van der Waals surface area contributed by atoms with Crippen LogP contribution >= 0.6 is 11.8 Å². The van der Waals surface area contributed by atoms with Crippen LogP contribution in [-0.2, 0) is 7.05 Å². The van der Waals surface area contributed by atoms with Crippen LogP contribution in [0.2, 0.25) is 0 Å². The van der Waals surface area contributed by atoms with Crippen molar-refractivity contribution < 1.29 is 14.5 Å². The minimum Gasteiger partial charge on any atom is -0.322 e. The van der Waals surface area contributed by atoms with Crippen molar-refractivity contribution in [3.05, 3.63) is 94.8 Å². The maximum Gasteiger partial charge on any atom is 0.323 e. The summed E-state index contributed by atoms with van der Waals surface area (Å²) in [4.78, 5) is 36.4. The van der Waals surface area contributed by atoms with Crippen LogP contribution in [0.5, 0.6) is 0 Å². The normalized spacial score (nSPS) is 10.4. The van der Waals surface area contributed by atoms with Crippen LogP contribution in [0, 0.1) is 10.1 Å². The molecule has 11 nitrogen and oxygen atoms in total. The van der Waals surface area contributed by atoms with Crippen LogP contribution in [0.4, 0.5) is 27.5 Å². The van der Waals surface area contributed by atoms with Crippen molar-refractivity contribution in [1.82, 2.24) is 14.8 Å². The number of hydrogen-bond acceptors (Lipinski definition) is 7. The van der Waals surface area contributed by atoms with Gasteiger partial charge in [-0.15, -0.1) is 10.2 Å². The maximum atomic E-state index is 12.8. The number of aryl methyl sites for hydroxylation is 1. The second-order valence-electron chi connectivity index (χ2n) is 7.25. The quantitative estimate of drug-likeness (QED) is 0.250. The van der Waals surface area contributed by atoms with E-state index in [0.29, 0.717) is 27.1 Å². The van der Waals surface area contributed by atoms with Crippen molar-refractivity contribution in [1.29, 1.82) is 0 Å². The first kappa shape index (κ1) is 23.4. The van der Waals surface area contributed by atoms with E-state index in [1.165, 1.54) is 24.5 Å². The van der Waals surface area contributed by atoms with Crippen LogP contribution in [0.15, 0.2) is 89.2 Å². The van der Waals surface area contributed by atoms with Gasteiger partial charge < -0.3 is 20.5 Å². The van der Waals surface area contributed by atoms with Crippen LogP contribution in [0.1, 0.15) is 10.4 Å². The van der Waals surface area contributed by atoms with E-state index in [2.05, 4.69) is 26.1 Å². The highest BCUT2D eigenvalue weighted by atomic mass is 32.2. The number of aromatic nitrogens is 3. The van der Waals surface area contributed by atoms with Gasteiger partial charge in [0.25, 0.3) is 11.6 Å². The first-order chi connectivity index (χ1) is 16.9. The second-order valence-corrected chi connectivity index (χ2v) is 8.26. The van der Waals surface area contributed by atoms with Gasteiger partial charge in [-0.05, 0) is 54.2 Å². The van der Waals surface area contributed by atoms with Gasteiger partial charge in [0.1, 0.15) is 6.33 Å². The Bertz CT molecular complexity index is 1390. The zero-order valence-electron chi connectivity index (χ0n) is 18.3. The second kappa shape index (κ2) is 10.5. The largest absolute Gasteiger partial charge is 0.323 e. The molecule has 12 heteroatoms. The number of amides is 3. The first-order valence-corrected chi connectivity index (χ1v) is 11.1. The predicted molar refractivity (Wildman–Crippen MR) is 132 cm³/mol. The fourth-order valence-corrected chi connectivity index (χ4v) is 3.89. The lowest BCUT2D eigenvalue weighted by atomic mass is 10.2. The fourth-order valence-electron chi connectivity index (χ4n) is 3.04. The molecule has 0 aliphatic rings. The lowest BCUT2D eigenvalue weighted by Gasteiger charge is -2.10. The molecule has 3 amide bonds. The van der Waals surface area contributed by atoms with Crippen LogP contribution in [-0.4, -0.2) is 31.6 Å². The molecule has 0 aliphatic heterocycles. The molecule has 35 heavy (non-hydrogen) atoms. The Morgan fingerprint density at radius 1 is 0.914 bits per heavy atom. The average molecular weight is 490 g/mol. The van der Waals surface area contributed by atoms with Crippen molar-refractivity contribution in [2.24, 2.45) is 7.05 Å². The highest BCUT2D eigenvalue weighted by Gasteiger charge is 2.20. The van der Waals surface area contributed by atoms with Crippen LogP contribution in [0.25, 0.3) is 0 Å². The van der Waals surface area contributed by atoms with E-state index in [9.17, 15) is 19.7 Å². The third-order valence-electron chi connectivity index (χ3n) is 4.70. The molecule has 0 radical (unpaired) electrons. The highest BCUT2D eigenvalue weighted by Crippen LogP contribution is 2.34. The Morgan fingerprint density at radius 3 is 2.29 bits per heavy atom. The third kappa shape index (κ3) is 6.00. The maximum absolute atomic E-state index is 12.8. The Morgan fingerprint density at radius 2 is 1.60 bits per heavy atom. The molecule has 0 bridgehead atoms. The van der Waals surface area contributed by atoms with Crippen LogP contribution < -0.4 is 16.0 Å². The number of rotatable bonds is 7. The molecule has 1 aromatic heterocycles. The zero-order chi connectivity index (χ0) is 24.8. The van der Waals surface area contributed by atoms with Crippen molar-refractivity contribution in [3.8, 4) is 0 Å². The summed E-state index contributed by atoms with van der Waals surface area (Å²) in [6, 6.07) is 19.3. The summed E-state index contributed by atoms with van der Waals surface area (Å²) in [5, 5.41) is 27.9. The number of nitrogens with one attached hydrogen (secondary N) is 3. The molecule has 0 unspecified atom stereocenters. The van der Waals surface area contributed by atoms with Gasteiger partial charge in [0.05, 0.1) is 9.82 Å². The minimum absolute atomic E-state index is 0.110. The van der Waals surface area contributed by atoms with Gasteiger partial charge in [0.2, 0.25) is 0 Å². The summed E-state index contributed by atoms with van der Waals surface area (Å²) >= 11 is 1.08. The minimum atomic E-state index is -0.550. The topological polar surface area (TPSA) is 144 Å². The predicted octanol–water partition coefficient (Wildman–Crippen LogP) is 4.77. The zero-order valence-corrected chi connectivity index (χ0v) is 19.2. The first-order valence-electron chi connectivity index (χ1n) is 10.2. The number of carbonyl (C=O) groups excluding carboxylic acids is 2. The van der Waals surface area contributed by atoms with E-state index < -0.39 is 16.9 Å². The summed E-state index contributed by atoms with van der Waals surface area (Å²) < 4.78 is 1.64. The van der Waals surface area contributed by atoms with E-state index >= 15 is 0 Å². The van der Waals surface area contributed by atoms with Gasteiger partial charge in [-0.25, -0.2) is 4.79 Å². The number of benzene rings is 3. The van der Waals surface area contributed by atoms with Crippen molar-refractivity contribution in [2.75, 3.05) is 16.0 Å². The molecule has 3 aromatic carbocycles. The van der Waals surface area contributed by atoms with Gasteiger partial charge in [-0.1, -0.05) is 24.3 Å². The molecule has 0 atom stereocenters. The Hall–Kier alpha value is -4.71. The number of nitro groups is 1. The summed E-state index contributed by atoms with van der Waals surface area (Å²) in [7, 11) is 1.73. The van der Waals surface area contributed by atoms with Crippen molar-refractivity contribution in [3.63, 3.8) is 0 Å². The van der Waals surface area contributed by atoms with Crippen molar-refractivity contribution in [2.45, 2.75) is 10.1 Å². The molecule has 0 saturated heterocycles. The number of nitrogens with zero attached hydrogens (tertiary/aromatic N) is 4. The molecule has 0 saturated carbocycles. The summed E-state index contributed by atoms with van der Waals surface area (Å²) in [6.07, 6.45) is 1.49. The molecule has 0 spiro atoms. The SMILES string of the molecule is Cn1cnnc1Sc1ccc(C(=O)Nc2cccc(NC(=O)Nc3ccccc3)c2)cc1[N+](=O)[O-]. The lowest BCUT2D eigenvalue weighted by molar-refractivity contribution is -0.387. The number of para-hydroxylation sites is 1. The van der Waals surface area contributed by atoms with Gasteiger partial charge in [0.15, 0.2) is 5.16 Å². The average Bonchev–Trinajstić information content (AvgIpc) is 3.24. The smallest absolute Gasteiger partial charge is 0.322 e. The fraction of sp³-hybridized carbons (Fsp3) is 0.0435. The Balaban J connectivity index is 1.45. The van der Waals surface area contributed by atoms with Crippen LogP contribution in [0.3, 0.4) is 0 Å². The summed E-state index contributed by atoms with van der Waals surface area (Å²) in [5.41, 5.74) is 1.39. The third-order valence-corrected chi connectivity index (χ3v) is 5.82. The molecule has 1 heterocycles. The van der Waals surface area contributed by atoms with Gasteiger partial charge in [0, 0.05) is 35.7 Å². The highest BCUT2D eigenvalue weighted by molar-refractivity contribution is 7.99. The molecule has 4 rings (SSSR count). The van der Waals surface area contributed by atoms with Gasteiger partial charge in [-0.3, -0.25) is 14.9 Å². The molecule has 4 aromatic rings. The Kier molecular flexibility index (Phi) is 7.02. The summed E-state index contributed by atoms with van der Waals surface area (Å²) in [5.74, 6) is -0.533. The molecular weight excluding hydrogens is 470 g/mol. The van der Waals surface area contributed by atoms with E-state index in [-0.39, 0.29) is 11.3 Å². The van der Waals surface area contributed by atoms with Gasteiger partial charge >= 0.3 is 6.03 Å². The number of carbonyl (C=O) groups is 2. The molecule has 176 valence electrons. The molecular formula is C23H19N7O4S. The van der Waals surface area contributed by atoms with E-state index in [4.69, 9.17) is 0 Å². The Labute approximate surface area is 203 Å². The lowest BCUT2D eigenvalue weighted by Crippen LogP contribution is -2.19.